The van der Waals surface area contributed by atoms with Gasteiger partial charge in [0.1, 0.15) is 17.9 Å². The molecule has 0 aromatic heterocycles. The quantitative estimate of drug-likeness (QED) is 0.256. The maximum Gasteiger partial charge on any atom is 0.407 e. The van der Waals surface area contributed by atoms with E-state index in [0.29, 0.717) is 30.8 Å². The summed E-state index contributed by atoms with van der Waals surface area (Å²) >= 11 is 0. The number of amides is 4. The molecule has 248 valence electrons. The number of alkyl carbamates (subject to hydrolysis) is 1. The third-order valence-corrected chi connectivity index (χ3v) is 8.87. The van der Waals surface area contributed by atoms with Crippen LogP contribution in [0.2, 0.25) is 0 Å². The molecule has 5 rings (SSSR count). The highest BCUT2D eigenvalue weighted by molar-refractivity contribution is 5.98. The van der Waals surface area contributed by atoms with Crippen LogP contribution in [-0.2, 0) is 19.1 Å². The average molecular weight is 644 g/mol. The van der Waals surface area contributed by atoms with Gasteiger partial charge >= 0.3 is 6.09 Å². The number of likely N-dealkylation sites (tertiary alicyclic amines) is 1. The van der Waals surface area contributed by atoms with Crippen LogP contribution in [0.4, 0.5) is 26.2 Å². The number of ether oxygens (including phenoxy) is 1. The van der Waals surface area contributed by atoms with Gasteiger partial charge < -0.3 is 30.5 Å². The molecule has 3 aromatic carbocycles. The van der Waals surface area contributed by atoms with Crippen LogP contribution in [0.5, 0.6) is 0 Å². The molecule has 11 heteroatoms. The lowest BCUT2D eigenvalue weighted by Gasteiger charge is -2.33. The van der Waals surface area contributed by atoms with Crippen molar-refractivity contribution in [2.24, 2.45) is 5.92 Å². The zero-order valence-corrected chi connectivity index (χ0v) is 27.2. The summed E-state index contributed by atoms with van der Waals surface area (Å²) in [5.74, 6) is -1.27. The topological polar surface area (TPSA) is 120 Å². The van der Waals surface area contributed by atoms with Crippen LogP contribution in [0.25, 0.3) is 0 Å². The molecule has 4 amide bonds. The van der Waals surface area contributed by atoms with E-state index in [1.165, 1.54) is 26.2 Å². The lowest BCUT2D eigenvalue weighted by atomic mass is 10.0. The van der Waals surface area contributed by atoms with E-state index in [9.17, 15) is 23.6 Å². The molecular weight excluding hydrogens is 601 g/mol. The number of anilines is 3. The van der Waals surface area contributed by atoms with E-state index in [0.717, 1.165) is 29.7 Å². The van der Waals surface area contributed by atoms with Crippen molar-refractivity contribution in [3.8, 4) is 0 Å². The molecule has 3 unspecified atom stereocenters. The summed E-state index contributed by atoms with van der Waals surface area (Å²) in [7, 11) is 1.24. The van der Waals surface area contributed by atoms with Crippen LogP contribution < -0.4 is 20.9 Å². The Morgan fingerprint density at radius 2 is 1.45 bits per heavy atom. The third kappa shape index (κ3) is 7.73. The van der Waals surface area contributed by atoms with Crippen LogP contribution in [0.15, 0.2) is 72.8 Å². The number of benzene rings is 3. The monoisotopic (exact) mass is 643 g/mol. The van der Waals surface area contributed by atoms with E-state index in [-0.39, 0.29) is 41.5 Å². The number of hydrogen-bond donors (Lipinski definition) is 3. The molecule has 4 atom stereocenters. The van der Waals surface area contributed by atoms with Gasteiger partial charge in [-0.1, -0.05) is 38.1 Å². The average Bonchev–Trinajstić information content (AvgIpc) is 3.72. The molecule has 2 heterocycles. The molecule has 10 nitrogen and oxygen atoms in total. The summed E-state index contributed by atoms with van der Waals surface area (Å²) in [4.78, 5) is 54.5. The maximum absolute atomic E-state index is 14.0. The van der Waals surface area contributed by atoms with Crippen molar-refractivity contribution in [1.82, 2.24) is 10.2 Å². The number of nitrogens with zero attached hydrogens (tertiary/aromatic N) is 2. The zero-order valence-electron chi connectivity index (χ0n) is 27.2. The number of nitrogens with one attached hydrogen (secondary N) is 3. The standard InChI is InChI=1S/C36H42FN5O5/c1-22(2)33(40-36(46)47-4)35(45)41-19-7-12-32(41)34(44)39-28-11-6-9-25(21-28)31-18-17-30(42(31)29-15-13-26(37)14-16-29)24-8-5-10-27(20-24)38-23(3)43/h5-6,8-11,13-16,20-22,30-33H,7,12,17-19H2,1-4H3,(H,38,43)(H,39,44)(H,40,46)/t30?,31?,32?,33-/m0/s1. The Hall–Kier alpha value is -4.93. The van der Waals surface area contributed by atoms with Gasteiger partial charge in [0.15, 0.2) is 0 Å². The first kappa shape index (κ1) is 33.4. The summed E-state index contributed by atoms with van der Waals surface area (Å²) < 4.78 is 18.7. The highest BCUT2D eigenvalue weighted by Gasteiger charge is 2.39. The second kappa shape index (κ2) is 14.7. The van der Waals surface area contributed by atoms with E-state index >= 15 is 0 Å². The molecule has 0 bridgehead atoms. The SMILES string of the molecule is COC(=O)N[C@H](C(=O)N1CCCC1C(=O)Nc1cccc(C2CCC(c3cccc(NC(C)=O)c3)N2c2ccc(F)cc2)c1)C(C)C. The zero-order chi connectivity index (χ0) is 33.7. The predicted molar refractivity (Wildman–Crippen MR) is 178 cm³/mol. The van der Waals surface area contributed by atoms with Gasteiger partial charge in [-0.05, 0) is 91.3 Å². The molecule has 2 fully saturated rings. The number of halogens is 1. The molecule has 0 aliphatic carbocycles. The van der Waals surface area contributed by atoms with Crippen molar-refractivity contribution in [3.63, 3.8) is 0 Å². The van der Waals surface area contributed by atoms with E-state index in [4.69, 9.17) is 4.74 Å². The molecule has 2 aliphatic heterocycles. The fourth-order valence-corrected chi connectivity index (χ4v) is 6.70. The second-order valence-corrected chi connectivity index (χ2v) is 12.5. The molecule has 2 saturated heterocycles. The van der Waals surface area contributed by atoms with Gasteiger partial charge in [-0.2, -0.15) is 0 Å². The van der Waals surface area contributed by atoms with Gasteiger partial charge in [-0.3, -0.25) is 14.4 Å². The number of carbonyl (C=O) groups excluding carboxylic acids is 4. The number of methoxy groups -OCH3 is 1. The Labute approximate surface area is 274 Å². The van der Waals surface area contributed by atoms with Crippen molar-refractivity contribution in [2.75, 3.05) is 29.2 Å². The number of carbonyl (C=O) groups is 4. The van der Waals surface area contributed by atoms with Gasteiger partial charge in [0, 0.05) is 30.5 Å². The molecule has 3 N–H and O–H groups in total. The summed E-state index contributed by atoms with van der Waals surface area (Å²) in [6.45, 7) is 5.55. The van der Waals surface area contributed by atoms with Crippen molar-refractivity contribution in [3.05, 3.63) is 89.7 Å². The van der Waals surface area contributed by atoms with Crippen LogP contribution in [-0.4, -0.2) is 54.5 Å². The molecule has 0 saturated carbocycles. The smallest absolute Gasteiger partial charge is 0.407 e. The van der Waals surface area contributed by atoms with Crippen LogP contribution >= 0.6 is 0 Å². The van der Waals surface area contributed by atoms with E-state index in [1.54, 1.807) is 17.0 Å². The first-order valence-electron chi connectivity index (χ1n) is 16.0. The Bertz CT molecular complexity index is 1610. The fraction of sp³-hybridized carbons (Fsp3) is 0.389. The van der Waals surface area contributed by atoms with Gasteiger partial charge in [0.2, 0.25) is 17.7 Å². The van der Waals surface area contributed by atoms with Gasteiger partial charge in [-0.25, -0.2) is 9.18 Å². The van der Waals surface area contributed by atoms with Crippen molar-refractivity contribution >= 4 is 40.9 Å². The lowest BCUT2D eigenvalue weighted by Crippen LogP contribution is -2.54. The van der Waals surface area contributed by atoms with E-state index in [1.807, 2.05) is 62.4 Å². The Morgan fingerprint density at radius 3 is 2.00 bits per heavy atom. The Balaban J connectivity index is 1.37. The minimum atomic E-state index is -0.814. The normalized spacial score (nSPS) is 19.7. The molecule has 0 spiro atoms. The van der Waals surface area contributed by atoms with Crippen molar-refractivity contribution < 1.29 is 28.3 Å². The fourth-order valence-electron chi connectivity index (χ4n) is 6.70. The van der Waals surface area contributed by atoms with Crippen molar-refractivity contribution in [2.45, 2.75) is 70.6 Å². The van der Waals surface area contributed by atoms with Crippen molar-refractivity contribution in [1.29, 1.82) is 0 Å². The minimum absolute atomic E-state index is 0.0389. The minimum Gasteiger partial charge on any atom is -0.453 e. The highest BCUT2D eigenvalue weighted by atomic mass is 19.1. The summed E-state index contributed by atoms with van der Waals surface area (Å²) in [5, 5.41) is 8.50. The van der Waals surface area contributed by atoms with Gasteiger partial charge in [0.25, 0.3) is 0 Å². The van der Waals surface area contributed by atoms with Gasteiger partial charge in [0.05, 0.1) is 19.2 Å². The summed E-state index contributed by atoms with van der Waals surface area (Å²) in [5.41, 5.74) is 4.19. The largest absolute Gasteiger partial charge is 0.453 e. The summed E-state index contributed by atoms with van der Waals surface area (Å²) in [6.07, 6.45) is 2.11. The molecule has 0 radical (unpaired) electrons. The Morgan fingerprint density at radius 1 is 0.851 bits per heavy atom. The molecule has 3 aromatic rings. The molecule has 2 aliphatic rings. The predicted octanol–water partition coefficient (Wildman–Crippen LogP) is 6.18. The lowest BCUT2D eigenvalue weighted by molar-refractivity contribution is -0.139. The first-order valence-corrected chi connectivity index (χ1v) is 16.0. The third-order valence-electron chi connectivity index (χ3n) is 8.87. The van der Waals surface area contributed by atoms with Crippen LogP contribution in [0, 0.1) is 11.7 Å². The molecular formula is C36H42FN5O5. The van der Waals surface area contributed by atoms with Crippen LogP contribution in [0.3, 0.4) is 0 Å². The first-order chi connectivity index (χ1) is 22.5. The second-order valence-electron chi connectivity index (χ2n) is 12.5. The van der Waals surface area contributed by atoms with E-state index < -0.39 is 18.2 Å². The highest BCUT2D eigenvalue weighted by Crippen LogP contribution is 2.47. The summed E-state index contributed by atoms with van der Waals surface area (Å²) in [6, 6.07) is 20.3. The number of rotatable bonds is 9. The van der Waals surface area contributed by atoms with Crippen LogP contribution in [0.1, 0.15) is 69.7 Å². The maximum atomic E-state index is 14.0. The Kier molecular flexibility index (Phi) is 10.4. The van der Waals surface area contributed by atoms with Gasteiger partial charge in [-0.15, -0.1) is 0 Å². The number of hydrogen-bond acceptors (Lipinski definition) is 6. The molecule has 47 heavy (non-hydrogen) atoms. The van der Waals surface area contributed by atoms with E-state index in [2.05, 4.69) is 20.9 Å².